The second-order valence-corrected chi connectivity index (χ2v) is 12.4. The van der Waals surface area contributed by atoms with Gasteiger partial charge in [-0.05, 0) is 49.2 Å². The zero-order valence-corrected chi connectivity index (χ0v) is 27.3. The molecule has 2 saturated heterocycles. The molecule has 7 rings (SSSR count). The summed E-state index contributed by atoms with van der Waals surface area (Å²) in [6, 6.07) is 20.3. The minimum absolute atomic E-state index is 0.0312. The molecule has 4 atom stereocenters. The molecule has 1 amide bonds. The van der Waals surface area contributed by atoms with Crippen molar-refractivity contribution in [3.63, 3.8) is 0 Å². The fraction of sp³-hybridized carbons (Fsp3) is 0.441. The first-order valence-corrected chi connectivity index (χ1v) is 16.9. The van der Waals surface area contributed by atoms with E-state index in [1.807, 2.05) is 43.3 Å². The number of anilines is 1. The van der Waals surface area contributed by atoms with Gasteiger partial charge in [0.1, 0.15) is 12.2 Å². The molecule has 15 heteroatoms. The highest BCUT2D eigenvalue weighted by Crippen LogP contribution is 2.39. The molecule has 256 valence electrons. The van der Waals surface area contributed by atoms with E-state index in [2.05, 4.69) is 70.2 Å². The van der Waals surface area contributed by atoms with Gasteiger partial charge in [0, 0.05) is 25.6 Å². The van der Waals surface area contributed by atoms with Crippen molar-refractivity contribution in [3.05, 3.63) is 89.8 Å². The Balaban J connectivity index is 1.20. The molecular formula is C34H41N11O4. The predicted molar refractivity (Wildman–Crippen MR) is 180 cm³/mol. The smallest absolute Gasteiger partial charge is 0.289 e. The van der Waals surface area contributed by atoms with E-state index >= 15 is 0 Å². The Hall–Kier alpha value is -4.83. The second-order valence-electron chi connectivity index (χ2n) is 12.4. The van der Waals surface area contributed by atoms with Gasteiger partial charge in [-0.15, -0.1) is 10.2 Å². The van der Waals surface area contributed by atoms with Crippen LogP contribution in [0.25, 0.3) is 11.2 Å². The van der Waals surface area contributed by atoms with Crippen LogP contribution in [0, 0.1) is 0 Å². The number of benzene rings is 2. The Bertz CT molecular complexity index is 1810. The maximum atomic E-state index is 13.5. The van der Waals surface area contributed by atoms with E-state index < -0.39 is 30.4 Å². The number of hydrogen-bond acceptors (Lipinski definition) is 12. The summed E-state index contributed by atoms with van der Waals surface area (Å²) >= 11 is 0. The Labute approximate surface area is 283 Å². The van der Waals surface area contributed by atoms with E-state index in [0.29, 0.717) is 31.0 Å². The van der Waals surface area contributed by atoms with Gasteiger partial charge in [0.2, 0.25) is 11.6 Å². The number of nitrogens with one attached hydrogen (secondary N) is 2. The molecule has 0 spiro atoms. The lowest BCUT2D eigenvalue weighted by molar-refractivity contribution is -0.0384. The van der Waals surface area contributed by atoms with Crippen LogP contribution in [-0.2, 0) is 11.3 Å². The first kappa shape index (κ1) is 32.7. The number of ether oxygens (including phenoxy) is 1. The normalized spacial score (nSPS) is 21.4. The molecule has 2 aromatic carbocycles. The Morgan fingerprint density at radius 1 is 0.980 bits per heavy atom. The summed E-state index contributed by atoms with van der Waals surface area (Å²) in [6.07, 6.45) is 0.186. The lowest BCUT2D eigenvalue weighted by Gasteiger charge is -2.26. The summed E-state index contributed by atoms with van der Waals surface area (Å²) in [7, 11) is 0. The highest BCUT2D eigenvalue weighted by molar-refractivity contribution is 5.94. The van der Waals surface area contributed by atoms with Crippen LogP contribution in [0.3, 0.4) is 0 Å². The summed E-state index contributed by atoms with van der Waals surface area (Å²) in [6.45, 7) is 6.04. The number of carbonyl (C=O) groups is 1. The van der Waals surface area contributed by atoms with E-state index in [-0.39, 0.29) is 23.2 Å². The zero-order valence-electron chi connectivity index (χ0n) is 27.3. The molecule has 0 bridgehead atoms. The highest BCUT2D eigenvalue weighted by Gasteiger charge is 2.47. The van der Waals surface area contributed by atoms with Crippen molar-refractivity contribution in [2.45, 2.75) is 63.2 Å². The molecule has 5 aromatic rings. The molecule has 0 radical (unpaired) electrons. The summed E-state index contributed by atoms with van der Waals surface area (Å²) in [5.74, 6) is 0.00110. The third kappa shape index (κ3) is 7.01. The van der Waals surface area contributed by atoms with Gasteiger partial charge in [0.05, 0.1) is 12.9 Å². The van der Waals surface area contributed by atoms with Crippen LogP contribution >= 0.6 is 0 Å². The van der Waals surface area contributed by atoms with Crippen LogP contribution in [0.15, 0.2) is 67.0 Å². The molecule has 49 heavy (non-hydrogen) atoms. The highest BCUT2D eigenvalue weighted by atomic mass is 16.6. The number of fused-ring (bicyclic) bond motifs is 1. The van der Waals surface area contributed by atoms with Crippen LogP contribution in [-0.4, -0.2) is 106 Å². The number of aromatic nitrogens is 8. The summed E-state index contributed by atoms with van der Waals surface area (Å²) < 4.78 is 7.64. The zero-order chi connectivity index (χ0) is 33.7. The number of rotatable bonds is 12. The van der Waals surface area contributed by atoms with E-state index in [4.69, 9.17) is 4.74 Å². The number of hydrogen-bond donors (Lipinski definition) is 4. The molecule has 0 aliphatic carbocycles. The first-order valence-electron chi connectivity index (χ1n) is 16.9. The SMILES string of the molecule is CCn1nnc(C2OC(n3cnc4c(NCC(c5ccccc5)c5ccccc5)nc(C(=O)NCCN5CCCCC5)nc43)C(O)C2O)n1. The lowest BCUT2D eigenvalue weighted by atomic mass is 9.91. The van der Waals surface area contributed by atoms with Gasteiger partial charge in [0.25, 0.3) is 5.91 Å². The number of piperidine rings is 1. The molecular weight excluding hydrogens is 626 g/mol. The molecule has 4 N–H and O–H groups in total. The number of aryl methyl sites for hydroxylation is 1. The third-order valence-electron chi connectivity index (χ3n) is 9.18. The van der Waals surface area contributed by atoms with Crippen molar-refractivity contribution >= 4 is 22.9 Å². The van der Waals surface area contributed by atoms with Crippen LogP contribution in [0.1, 0.15) is 72.0 Å². The quantitative estimate of drug-likeness (QED) is 0.153. The summed E-state index contributed by atoms with van der Waals surface area (Å²) in [4.78, 5) is 31.2. The van der Waals surface area contributed by atoms with Crippen LogP contribution in [0.2, 0.25) is 0 Å². The van der Waals surface area contributed by atoms with Crippen LogP contribution in [0.4, 0.5) is 5.82 Å². The average molecular weight is 668 g/mol. The van der Waals surface area contributed by atoms with Gasteiger partial charge in [-0.1, -0.05) is 67.1 Å². The van der Waals surface area contributed by atoms with Crippen molar-refractivity contribution < 1.29 is 19.7 Å². The Kier molecular flexibility index (Phi) is 9.84. The Morgan fingerprint density at radius 3 is 2.37 bits per heavy atom. The van der Waals surface area contributed by atoms with Gasteiger partial charge in [0.15, 0.2) is 29.3 Å². The standard InChI is InChI=1S/C34H41N11O4/c1-2-45-41-30(40-42-45)28-26(46)27(47)34(49-28)44-21-37-25-29(36-20-24(22-12-6-3-7-13-22)23-14-8-4-9-15-23)38-31(39-32(25)44)33(48)35-16-19-43-17-10-5-11-18-43/h3-4,6-9,12-15,21,24,26-28,34,46-47H,2,5,10-11,16-20H2,1H3,(H,35,48)(H,36,38,39). The molecule has 0 saturated carbocycles. The van der Waals surface area contributed by atoms with Crippen molar-refractivity contribution in [3.8, 4) is 0 Å². The molecule has 5 heterocycles. The number of tetrazole rings is 1. The topological polar surface area (TPSA) is 181 Å². The fourth-order valence-corrected chi connectivity index (χ4v) is 6.52. The van der Waals surface area contributed by atoms with Gasteiger partial charge in [-0.2, -0.15) is 4.80 Å². The maximum absolute atomic E-state index is 13.5. The molecule has 2 aliphatic rings. The largest absolute Gasteiger partial charge is 0.387 e. The number of aliphatic hydroxyl groups is 2. The molecule has 3 aromatic heterocycles. The van der Waals surface area contributed by atoms with E-state index in [9.17, 15) is 15.0 Å². The number of imidazole rings is 1. The van der Waals surface area contributed by atoms with E-state index in [0.717, 1.165) is 43.6 Å². The van der Waals surface area contributed by atoms with Crippen LogP contribution < -0.4 is 10.6 Å². The molecule has 2 fully saturated rings. The van der Waals surface area contributed by atoms with Gasteiger partial charge < -0.3 is 30.5 Å². The number of carbonyl (C=O) groups excluding carboxylic acids is 1. The van der Waals surface area contributed by atoms with Crippen molar-refractivity contribution in [1.29, 1.82) is 0 Å². The minimum atomic E-state index is -1.37. The number of aliphatic hydroxyl groups excluding tert-OH is 2. The van der Waals surface area contributed by atoms with Crippen molar-refractivity contribution in [2.24, 2.45) is 0 Å². The van der Waals surface area contributed by atoms with E-state index in [1.165, 1.54) is 22.1 Å². The van der Waals surface area contributed by atoms with Crippen molar-refractivity contribution in [2.75, 3.05) is 38.0 Å². The van der Waals surface area contributed by atoms with Crippen LogP contribution in [0.5, 0.6) is 0 Å². The average Bonchev–Trinajstić information content (AvgIpc) is 3.87. The monoisotopic (exact) mass is 667 g/mol. The molecule has 2 aliphatic heterocycles. The molecule has 4 unspecified atom stereocenters. The van der Waals surface area contributed by atoms with E-state index in [1.54, 1.807) is 0 Å². The number of nitrogens with zero attached hydrogens (tertiary/aromatic N) is 9. The van der Waals surface area contributed by atoms with Gasteiger partial charge in [-0.25, -0.2) is 15.0 Å². The Morgan fingerprint density at radius 2 is 1.69 bits per heavy atom. The van der Waals surface area contributed by atoms with Gasteiger partial charge in [-0.3, -0.25) is 9.36 Å². The first-order chi connectivity index (χ1) is 24.0. The second kappa shape index (κ2) is 14.7. The fourth-order valence-electron chi connectivity index (χ4n) is 6.52. The minimum Gasteiger partial charge on any atom is -0.387 e. The maximum Gasteiger partial charge on any atom is 0.289 e. The predicted octanol–water partition coefficient (Wildman–Crippen LogP) is 2.28. The number of amides is 1. The van der Waals surface area contributed by atoms with Gasteiger partial charge >= 0.3 is 0 Å². The lowest BCUT2D eigenvalue weighted by Crippen LogP contribution is -2.38. The summed E-state index contributed by atoms with van der Waals surface area (Å²) in [5.41, 5.74) is 2.87. The summed E-state index contributed by atoms with van der Waals surface area (Å²) in [5, 5.41) is 40.8. The number of likely N-dealkylation sites (tertiary alicyclic amines) is 1. The third-order valence-corrected chi connectivity index (χ3v) is 9.18. The van der Waals surface area contributed by atoms with Crippen molar-refractivity contribution in [1.82, 2.24) is 49.9 Å². The molecule has 15 nitrogen and oxygen atoms in total.